The zero-order valence-corrected chi connectivity index (χ0v) is 12.2. The van der Waals surface area contributed by atoms with Crippen LogP contribution in [0.4, 0.5) is 0 Å². The van der Waals surface area contributed by atoms with E-state index in [1.54, 1.807) is 12.1 Å². The molecule has 1 aromatic carbocycles. The van der Waals surface area contributed by atoms with Gasteiger partial charge < -0.3 is 5.11 Å². The molecule has 0 amide bonds. The van der Waals surface area contributed by atoms with Gasteiger partial charge in [-0.1, -0.05) is 30.5 Å². The second-order valence-corrected chi connectivity index (χ2v) is 6.98. The predicted molar refractivity (Wildman–Crippen MR) is 74.9 cm³/mol. The van der Waals surface area contributed by atoms with Crippen LogP contribution in [0.15, 0.2) is 29.2 Å². The number of carboxylic acids is 1. The van der Waals surface area contributed by atoms with E-state index in [9.17, 15) is 18.3 Å². The molecular formula is C14H19NO4S. The summed E-state index contributed by atoms with van der Waals surface area (Å²) in [5, 5.41) is 9.18. The zero-order valence-electron chi connectivity index (χ0n) is 11.4. The standard InChI is InChI=1S/C14H19NO4S/c1-10-6-8-11(9-7-10)20(18,19)15-13-5-3-2-4-12(13)14(16)17/h6-9,12-13,15H,2-5H2,1H3,(H,16,17)/t12-,13-/m0/s1. The highest BCUT2D eigenvalue weighted by molar-refractivity contribution is 7.89. The fourth-order valence-electron chi connectivity index (χ4n) is 2.55. The summed E-state index contributed by atoms with van der Waals surface area (Å²) >= 11 is 0. The van der Waals surface area contributed by atoms with Gasteiger partial charge in [0.2, 0.25) is 10.0 Å². The number of aryl methyl sites for hydroxylation is 1. The van der Waals surface area contributed by atoms with E-state index in [1.807, 2.05) is 6.92 Å². The summed E-state index contributed by atoms with van der Waals surface area (Å²) in [6.07, 6.45) is 2.78. The lowest BCUT2D eigenvalue weighted by Crippen LogP contribution is -2.44. The van der Waals surface area contributed by atoms with E-state index in [4.69, 9.17) is 0 Å². The Hall–Kier alpha value is -1.40. The van der Waals surface area contributed by atoms with Crippen LogP contribution in [0.2, 0.25) is 0 Å². The first-order chi connectivity index (χ1) is 9.40. The van der Waals surface area contributed by atoms with Crippen molar-refractivity contribution in [3.05, 3.63) is 29.8 Å². The van der Waals surface area contributed by atoms with Crippen LogP contribution in [0.25, 0.3) is 0 Å². The molecule has 0 bridgehead atoms. The van der Waals surface area contributed by atoms with Crippen molar-refractivity contribution >= 4 is 16.0 Å². The normalized spacial score (nSPS) is 23.4. The van der Waals surface area contributed by atoms with Crippen LogP contribution in [-0.4, -0.2) is 25.5 Å². The van der Waals surface area contributed by atoms with Gasteiger partial charge in [0.1, 0.15) is 0 Å². The van der Waals surface area contributed by atoms with Crippen molar-refractivity contribution in [1.29, 1.82) is 0 Å². The van der Waals surface area contributed by atoms with Crippen LogP contribution in [0.5, 0.6) is 0 Å². The maximum absolute atomic E-state index is 12.3. The van der Waals surface area contributed by atoms with Crippen molar-refractivity contribution in [3.8, 4) is 0 Å². The molecular weight excluding hydrogens is 278 g/mol. The summed E-state index contributed by atoms with van der Waals surface area (Å²) in [5.41, 5.74) is 0.977. The van der Waals surface area contributed by atoms with Crippen LogP contribution < -0.4 is 4.72 Å². The molecule has 1 aromatic rings. The monoisotopic (exact) mass is 297 g/mol. The molecule has 2 atom stereocenters. The molecule has 0 radical (unpaired) electrons. The van der Waals surface area contributed by atoms with Gasteiger partial charge in [0.15, 0.2) is 0 Å². The molecule has 5 nitrogen and oxygen atoms in total. The Balaban J connectivity index is 2.18. The molecule has 0 aliphatic heterocycles. The summed E-state index contributed by atoms with van der Waals surface area (Å²) in [7, 11) is -3.66. The molecule has 2 rings (SSSR count). The van der Waals surface area contributed by atoms with Crippen LogP contribution >= 0.6 is 0 Å². The van der Waals surface area contributed by atoms with E-state index < -0.39 is 28.0 Å². The average molecular weight is 297 g/mol. The lowest BCUT2D eigenvalue weighted by atomic mass is 9.85. The van der Waals surface area contributed by atoms with E-state index in [-0.39, 0.29) is 4.90 Å². The predicted octanol–water partition coefficient (Wildman–Crippen LogP) is 1.92. The highest BCUT2D eigenvalue weighted by Gasteiger charge is 2.33. The van der Waals surface area contributed by atoms with Gasteiger partial charge in [-0.05, 0) is 31.9 Å². The van der Waals surface area contributed by atoms with E-state index in [1.165, 1.54) is 12.1 Å². The molecule has 0 unspecified atom stereocenters. The Kier molecular flexibility index (Phi) is 4.45. The van der Waals surface area contributed by atoms with Crippen LogP contribution in [0.3, 0.4) is 0 Å². The smallest absolute Gasteiger partial charge is 0.308 e. The van der Waals surface area contributed by atoms with Gasteiger partial charge in [0.25, 0.3) is 0 Å². The summed E-state index contributed by atoms with van der Waals surface area (Å²) in [6.45, 7) is 1.88. The van der Waals surface area contributed by atoms with Crippen molar-refractivity contribution in [3.63, 3.8) is 0 Å². The van der Waals surface area contributed by atoms with Crippen molar-refractivity contribution in [2.45, 2.75) is 43.5 Å². The molecule has 6 heteroatoms. The van der Waals surface area contributed by atoms with Gasteiger partial charge in [-0.3, -0.25) is 4.79 Å². The summed E-state index contributed by atoms with van der Waals surface area (Å²) in [6, 6.07) is 6.01. The molecule has 0 heterocycles. The molecule has 0 saturated heterocycles. The lowest BCUT2D eigenvalue weighted by Gasteiger charge is -2.28. The highest BCUT2D eigenvalue weighted by Crippen LogP contribution is 2.26. The minimum atomic E-state index is -3.66. The number of nitrogens with one attached hydrogen (secondary N) is 1. The number of aliphatic carboxylic acids is 1. The first kappa shape index (κ1) is 15.0. The Morgan fingerprint density at radius 2 is 1.80 bits per heavy atom. The minimum Gasteiger partial charge on any atom is -0.481 e. The number of hydrogen-bond donors (Lipinski definition) is 2. The van der Waals surface area contributed by atoms with E-state index in [2.05, 4.69) is 4.72 Å². The van der Waals surface area contributed by atoms with E-state index in [0.717, 1.165) is 18.4 Å². The third-order valence-corrected chi connectivity index (χ3v) is 5.23. The van der Waals surface area contributed by atoms with Gasteiger partial charge in [-0.15, -0.1) is 0 Å². The largest absolute Gasteiger partial charge is 0.481 e. The number of carbonyl (C=O) groups is 1. The molecule has 110 valence electrons. The van der Waals surface area contributed by atoms with Crippen molar-refractivity contribution < 1.29 is 18.3 Å². The Morgan fingerprint density at radius 1 is 1.20 bits per heavy atom. The van der Waals surface area contributed by atoms with Crippen LogP contribution in [0.1, 0.15) is 31.2 Å². The van der Waals surface area contributed by atoms with Crippen molar-refractivity contribution in [2.75, 3.05) is 0 Å². The first-order valence-corrected chi connectivity index (χ1v) is 8.20. The Bertz CT molecular complexity index is 580. The fraction of sp³-hybridized carbons (Fsp3) is 0.500. The van der Waals surface area contributed by atoms with Gasteiger partial charge >= 0.3 is 5.97 Å². The second-order valence-electron chi connectivity index (χ2n) is 5.27. The molecule has 1 fully saturated rings. The number of benzene rings is 1. The van der Waals surface area contributed by atoms with E-state index in [0.29, 0.717) is 12.8 Å². The number of carboxylic acid groups (broad SMARTS) is 1. The molecule has 1 aliphatic carbocycles. The molecule has 20 heavy (non-hydrogen) atoms. The van der Waals surface area contributed by atoms with E-state index >= 15 is 0 Å². The molecule has 2 N–H and O–H groups in total. The average Bonchev–Trinajstić information content (AvgIpc) is 2.39. The maximum Gasteiger partial charge on any atom is 0.308 e. The minimum absolute atomic E-state index is 0.179. The van der Waals surface area contributed by atoms with Gasteiger partial charge in [-0.2, -0.15) is 0 Å². The Labute approximate surface area is 119 Å². The second kappa shape index (κ2) is 5.93. The molecule has 0 aromatic heterocycles. The van der Waals surface area contributed by atoms with Crippen molar-refractivity contribution in [1.82, 2.24) is 4.72 Å². The lowest BCUT2D eigenvalue weighted by molar-refractivity contribution is -0.143. The third kappa shape index (κ3) is 3.37. The van der Waals surface area contributed by atoms with Gasteiger partial charge in [0.05, 0.1) is 10.8 Å². The highest BCUT2D eigenvalue weighted by atomic mass is 32.2. The van der Waals surface area contributed by atoms with Gasteiger partial charge in [0, 0.05) is 6.04 Å². The van der Waals surface area contributed by atoms with Crippen LogP contribution in [0, 0.1) is 12.8 Å². The maximum atomic E-state index is 12.3. The summed E-state index contributed by atoms with van der Waals surface area (Å²) in [4.78, 5) is 11.4. The molecule has 1 aliphatic rings. The quantitative estimate of drug-likeness (QED) is 0.889. The zero-order chi connectivity index (χ0) is 14.8. The first-order valence-electron chi connectivity index (χ1n) is 6.72. The SMILES string of the molecule is Cc1ccc(S(=O)(=O)N[C@H]2CCCC[C@@H]2C(=O)O)cc1. The van der Waals surface area contributed by atoms with Crippen LogP contribution in [-0.2, 0) is 14.8 Å². The Morgan fingerprint density at radius 3 is 2.40 bits per heavy atom. The topological polar surface area (TPSA) is 83.5 Å². The number of sulfonamides is 1. The van der Waals surface area contributed by atoms with Crippen molar-refractivity contribution in [2.24, 2.45) is 5.92 Å². The number of rotatable bonds is 4. The molecule has 0 spiro atoms. The fourth-order valence-corrected chi connectivity index (χ4v) is 3.86. The summed E-state index contributed by atoms with van der Waals surface area (Å²) in [5.74, 6) is -1.56. The third-order valence-electron chi connectivity index (χ3n) is 3.72. The van der Waals surface area contributed by atoms with Gasteiger partial charge in [-0.25, -0.2) is 13.1 Å². The summed E-state index contributed by atoms with van der Waals surface area (Å²) < 4.78 is 27.1. The molecule has 1 saturated carbocycles. The number of hydrogen-bond acceptors (Lipinski definition) is 3.